The maximum atomic E-state index is 13.6. The minimum Gasteiger partial charge on any atom is -0.354 e. The molecule has 0 aliphatic carbocycles. The van der Waals surface area contributed by atoms with E-state index in [1.165, 1.54) is 11.8 Å². The fraction of sp³-hybridized carbons (Fsp3) is 0.310. The molecule has 0 radical (unpaired) electrons. The lowest BCUT2D eigenvalue weighted by atomic mass is 10.0. The van der Waals surface area contributed by atoms with Gasteiger partial charge in [-0.3, -0.25) is 9.59 Å². The Labute approximate surface area is 228 Å². The first-order valence-corrected chi connectivity index (χ1v) is 14.0. The highest BCUT2D eigenvalue weighted by Crippen LogP contribution is 2.25. The average Bonchev–Trinajstić information content (AvgIpc) is 2.87. The zero-order chi connectivity index (χ0) is 25.9. The Kier molecular flexibility index (Phi) is 11.2. The number of carbonyl (C=O) groups is 2. The molecule has 0 bridgehead atoms. The summed E-state index contributed by atoms with van der Waals surface area (Å²) in [6, 6.07) is 22.8. The summed E-state index contributed by atoms with van der Waals surface area (Å²) in [5, 5.41) is 4.02. The van der Waals surface area contributed by atoms with Crippen molar-refractivity contribution in [1.82, 2.24) is 10.2 Å². The second-order valence-corrected chi connectivity index (χ2v) is 10.5. The van der Waals surface area contributed by atoms with Crippen LogP contribution in [0.25, 0.3) is 0 Å². The van der Waals surface area contributed by atoms with E-state index in [1.807, 2.05) is 74.5 Å². The van der Waals surface area contributed by atoms with Crippen LogP contribution in [-0.2, 0) is 28.3 Å². The van der Waals surface area contributed by atoms with Gasteiger partial charge >= 0.3 is 0 Å². The number of halogens is 2. The van der Waals surface area contributed by atoms with E-state index in [9.17, 15) is 9.59 Å². The van der Waals surface area contributed by atoms with Crippen LogP contribution in [0.3, 0.4) is 0 Å². The van der Waals surface area contributed by atoms with Crippen LogP contribution < -0.4 is 5.32 Å². The third-order valence-electron chi connectivity index (χ3n) is 5.73. The number of nitrogens with zero attached hydrogens (tertiary/aromatic N) is 1. The fourth-order valence-electron chi connectivity index (χ4n) is 3.90. The van der Waals surface area contributed by atoms with Crippen molar-refractivity contribution in [3.05, 3.63) is 105 Å². The summed E-state index contributed by atoms with van der Waals surface area (Å²) >= 11 is 13.7. The molecule has 0 saturated carbocycles. The van der Waals surface area contributed by atoms with Crippen molar-refractivity contribution in [1.29, 1.82) is 0 Å². The second-order valence-electron chi connectivity index (χ2n) is 8.75. The summed E-state index contributed by atoms with van der Waals surface area (Å²) < 4.78 is 0. The van der Waals surface area contributed by atoms with E-state index in [2.05, 4.69) is 11.4 Å². The Hall–Kier alpha value is -2.47. The molecule has 190 valence electrons. The Morgan fingerprint density at radius 2 is 1.67 bits per heavy atom. The summed E-state index contributed by atoms with van der Waals surface area (Å²) in [6.07, 6.45) is 1.28. The molecule has 0 aliphatic rings. The number of hydrogen-bond donors (Lipinski definition) is 1. The molecule has 2 amide bonds. The zero-order valence-corrected chi connectivity index (χ0v) is 23.0. The molecule has 0 aromatic heterocycles. The molecular weight excluding hydrogens is 511 g/mol. The monoisotopic (exact) mass is 542 g/mol. The first kappa shape index (κ1) is 28.1. The van der Waals surface area contributed by atoms with Crippen LogP contribution in [0.15, 0.2) is 72.8 Å². The lowest BCUT2D eigenvalue weighted by Crippen LogP contribution is -2.51. The van der Waals surface area contributed by atoms with Gasteiger partial charge in [0.25, 0.3) is 0 Å². The minimum absolute atomic E-state index is 0.0749. The van der Waals surface area contributed by atoms with E-state index < -0.39 is 6.04 Å². The first-order chi connectivity index (χ1) is 17.4. The molecule has 4 nitrogen and oxygen atoms in total. The Bertz CT molecular complexity index is 1160. The molecular formula is C29H32Cl2N2O2S. The van der Waals surface area contributed by atoms with Crippen LogP contribution in [0, 0.1) is 6.92 Å². The van der Waals surface area contributed by atoms with Gasteiger partial charge in [0, 0.05) is 25.3 Å². The number of thioether (sulfide) groups is 1. The molecule has 7 heteroatoms. The smallest absolute Gasteiger partial charge is 0.243 e. The van der Waals surface area contributed by atoms with Gasteiger partial charge in [-0.05, 0) is 42.2 Å². The SMILES string of the molecule is CCCNC(=O)[C@H](Cc1ccccc1)N(Cc1cccc(C)c1)C(=O)CSCc1ccc(Cl)c(Cl)c1. The van der Waals surface area contributed by atoms with Crippen molar-refractivity contribution in [3.63, 3.8) is 0 Å². The summed E-state index contributed by atoms with van der Waals surface area (Å²) in [5.41, 5.74) is 4.12. The predicted octanol–water partition coefficient (Wildman–Crippen LogP) is 6.70. The van der Waals surface area contributed by atoms with Crippen molar-refractivity contribution in [2.24, 2.45) is 0 Å². The molecule has 1 N–H and O–H groups in total. The van der Waals surface area contributed by atoms with Gasteiger partial charge < -0.3 is 10.2 Å². The molecule has 0 saturated heterocycles. The summed E-state index contributed by atoms with van der Waals surface area (Å²) in [4.78, 5) is 28.7. The van der Waals surface area contributed by atoms with Gasteiger partial charge in [-0.15, -0.1) is 11.8 Å². The van der Waals surface area contributed by atoms with Crippen molar-refractivity contribution < 1.29 is 9.59 Å². The van der Waals surface area contributed by atoms with Gasteiger partial charge in [0.15, 0.2) is 0 Å². The molecule has 0 aliphatic heterocycles. The normalized spacial score (nSPS) is 11.7. The molecule has 0 unspecified atom stereocenters. The zero-order valence-electron chi connectivity index (χ0n) is 20.7. The van der Waals surface area contributed by atoms with Crippen molar-refractivity contribution in [2.75, 3.05) is 12.3 Å². The Morgan fingerprint density at radius 3 is 2.36 bits per heavy atom. The Morgan fingerprint density at radius 1 is 0.917 bits per heavy atom. The first-order valence-electron chi connectivity index (χ1n) is 12.1. The molecule has 3 rings (SSSR count). The third-order valence-corrected chi connectivity index (χ3v) is 7.46. The topological polar surface area (TPSA) is 49.4 Å². The van der Waals surface area contributed by atoms with E-state index in [1.54, 1.807) is 11.0 Å². The van der Waals surface area contributed by atoms with E-state index in [0.29, 0.717) is 35.3 Å². The van der Waals surface area contributed by atoms with Crippen LogP contribution in [0.5, 0.6) is 0 Å². The van der Waals surface area contributed by atoms with Crippen LogP contribution in [-0.4, -0.2) is 35.1 Å². The number of aryl methyl sites for hydroxylation is 1. The molecule has 1 atom stereocenters. The van der Waals surface area contributed by atoms with Gasteiger partial charge in [0.2, 0.25) is 11.8 Å². The highest BCUT2D eigenvalue weighted by molar-refractivity contribution is 7.99. The van der Waals surface area contributed by atoms with Crippen LogP contribution in [0.2, 0.25) is 10.0 Å². The van der Waals surface area contributed by atoms with Crippen LogP contribution >= 0.6 is 35.0 Å². The Balaban J connectivity index is 1.83. The van der Waals surface area contributed by atoms with Crippen molar-refractivity contribution >= 4 is 46.8 Å². The number of benzene rings is 3. The average molecular weight is 544 g/mol. The summed E-state index contributed by atoms with van der Waals surface area (Å²) in [5.74, 6) is 0.662. The number of rotatable bonds is 12. The predicted molar refractivity (Wildman–Crippen MR) is 152 cm³/mol. The molecule has 0 spiro atoms. The highest BCUT2D eigenvalue weighted by Gasteiger charge is 2.30. The minimum atomic E-state index is -0.613. The van der Waals surface area contributed by atoms with E-state index in [4.69, 9.17) is 23.2 Å². The standard InChI is InChI=1S/C29H32Cl2N2O2S/c1-3-14-32-29(35)27(17-22-9-5-4-6-10-22)33(18-23-11-7-8-21(2)15-23)28(34)20-36-19-24-12-13-25(30)26(31)16-24/h4-13,15-16,27H,3,14,17-20H2,1-2H3,(H,32,35)/t27-/m0/s1. The van der Waals surface area contributed by atoms with Crippen molar-refractivity contribution in [3.8, 4) is 0 Å². The lowest BCUT2D eigenvalue weighted by Gasteiger charge is -2.31. The number of amides is 2. The summed E-state index contributed by atoms with van der Waals surface area (Å²) in [6.45, 7) is 4.98. The molecule has 3 aromatic carbocycles. The van der Waals surface area contributed by atoms with E-state index >= 15 is 0 Å². The van der Waals surface area contributed by atoms with Gasteiger partial charge in [0.1, 0.15) is 6.04 Å². The molecule has 36 heavy (non-hydrogen) atoms. The number of hydrogen-bond acceptors (Lipinski definition) is 3. The quantitative estimate of drug-likeness (QED) is 0.277. The number of carbonyl (C=O) groups excluding carboxylic acids is 2. The van der Waals surface area contributed by atoms with E-state index in [-0.39, 0.29) is 17.6 Å². The number of nitrogens with one attached hydrogen (secondary N) is 1. The van der Waals surface area contributed by atoms with Gasteiger partial charge in [0.05, 0.1) is 15.8 Å². The van der Waals surface area contributed by atoms with E-state index in [0.717, 1.165) is 28.7 Å². The second kappa shape index (κ2) is 14.3. The maximum absolute atomic E-state index is 13.6. The third kappa shape index (κ3) is 8.58. The molecule has 3 aromatic rings. The van der Waals surface area contributed by atoms with Gasteiger partial charge in [-0.25, -0.2) is 0 Å². The van der Waals surface area contributed by atoms with Crippen LogP contribution in [0.4, 0.5) is 0 Å². The summed E-state index contributed by atoms with van der Waals surface area (Å²) in [7, 11) is 0. The fourth-order valence-corrected chi connectivity index (χ4v) is 5.07. The van der Waals surface area contributed by atoms with Gasteiger partial charge in [-0.1, -0.05) is 96.4 Å². The highest BCUT2D eigenvalue weighted by atomic mass is 35.5. The van der Waals surface area contributed by atoms with Gasteiger partial charge in [-0.2, -0.15) is 0 Å². The maximum Gasteiger partial charge on any atom is 0.243 e. The lowest BCUT2D eigenvalue weighted by molar-refractivity contribution is -0.139. The largest absolute Gasteiger partial charge is 0.354 e. The van der Waals surface area contributed by atoms with Crippen molar-refractivity contribution in [2.45, 2.75) is 45.0 Å². The molecule has 0 fully saturated rings. The van der Waals surface area contributed by atoms with Crippen LogP contribution in [0.1, 0.15) is 35.6 Å². The molecule has 0 heterocycles.